The Bertz CT molecular complexity index is 203. The fourth-order valence-electron chi connectivity index (χ4n) is 2.04. The number of hydrogen-bond donors (Lipinski definition) is 1. The number of rotatable bonds is 6. The van der Waals surface area contributed by atoms with E-state index in [0.29, 0.717) is 0 Å². The molecular weight excluding hydrogens is 204 g/mol. The highest BCUT2D eigenvalue weighted by Crippen LogP contribution is 2.17. The van der Waals surface area contributed by atoms with Crippen LogP contribution in [0.25, 0.3) is 0 Å². The number of hydrogen-bond acceptors (Lipinski definition) is 3. The van der Waals surface area contributed by atoms with Crippen LogP contribution in [0.3, 0.4) is 0 Å². The van der Waals surface area contributed by atoms with Crippen LogP contribution >= 0.6 is 0 Å². The third-order valence-electron chi connectivity index (χ3n) is 3.14. The zero-order valence-electron chi connectivity index (χ0n) is 10.3. The number of nitrogens with zero attached hydrogens (tertiary/aromatic N) is 1. The van der Waals surface area contributed by atoms with Crippen LogP contribution in [-0.2, 0) is 9.53 Å². The van der Waals surface area contributed by atoms with Crippen LogP contribution in [0, 0.1) is 5.92 Å². The fourth-order valence-corrected chi connectivity index (χ4v) is 2.04. The van der Waals surface area contributed by atoms with E-state index in [0.717, 1.165) is 58.4 Å². The maximum atomic E-state index is 12.0. The first kappa shape index (κ1) is 13.5. The summed E-state index contributed by atoms with van der Waals surface area (Å²) in [5.41, 5.74) is 5.43. The topological polar surface area (TPSA) is 55.6 Å². The third-order valence-corrected chi connectivity index (χ3v) is 3.14. The van der Waals surface area contributed by atoms with Gasteiger partial charge in [-0.1, -0.05) is 6.42 Å². The van der Waals surface area contributed by atoms with Crippen LogP contribution in [0.4, 0.5) is 0 Å². The molecule has 0 spiro atoms. The van der Waals surface area contributed by atoms with Gasteiger partial charge in [0.1, 0.15) is 0 Å². The standard InChI is InChI=1S/C12H24N2O2/c1-14(8-4-2-3-7-13)12(15)11-5-9-16-10-6-11/h11H,2-10,13H2,1H3. The van der Waals surface area contributed by atoms with Gasteiger partial charge >= 0.3 is 0 Å². The average Bonchev–Trinajstić information content (AvgIpc) is 2.34. The van der Waals surface area contributed by atoms with Gasteiger partial charge in [0.2, 0.25) is 5.91 Å². The molecule has 1 rings (SSSR count). The van der Waals surface area contributed by atoms with Crippen LogP contribution < -0.4 is 5.73 Å². The van der Waals surface area contributed by atoms with Crippen molar-refractivity contribution in [1.29, 1.82) is 0 Å². The maximum Gasteiger partial charge on any atom is 0.225 e. The summed E-state index contributed by atoms with van der Waals surface area (Å²) in [6, 6.07) is 0. The SMILES string of the molecule is CN(CCCCCN)C(=O)C1CCOCC1. The van der Waals surface area contributed by atoms with Gasteiger partial charge in [-0.05, 0) is 32.2 Å². The number of nitrogens with two attached hydrogens (primary N) is 1. The molecule has 0 aromatic heterocycles. The summed E-state index contributed by atoms with van der Waals surface area (Å²) in [6.45, 7) is 3.07. The lowest BCUT2D eigenvalue weighted by atomic mass is 9.99. The molecule has 0 bridgehead atoms. The van der Waals surface area contributed by atoms with Crippen LogP contribution in [0.1, 0.15) is 32.1 Å². The molecule has 16 heavy (non-hydrogen) atoms. The molecular formula is C12H24N2O2. The lowest BCUT2D eigenvalue weighted by Gasteiger charge is -2.26. The van der Waals surface area contributed by atoms with Crippen LogP contribution in [0.5, 0.6) is 0 Å². The summed E-state index contributed by atoms with van der Waals surface area (Å²) in [4.78, 5) is 13.9. The van der Waals surface area contributed by atoms with Gasteiger partial charge in [0.15, 0.2) is 0 Å². The van der Waals surface area contributed by atoms with Crippen molar-refractivity contribution in [3.63, 3.8) is 0 Å². The van der Waals surface area contributed by atoms with Gasteiger partial charge in [-0.2, -0.15) is 0 Å². The largest absolute Gasteiger partial charge is 0.381 e. The Morgan fingerprint density at radius 1 is 1.31 bits per heavy atom. The summed E-state index contributed by atoms with van der Waals surface area (Å²) < 4.78 is 5.26. The molecule has 0 radical (unpaired) electrons. The molecule has 1 heterocycles. The average molecular weight is 228 g/mol. The van der Waals surface area contributed by atoms with Crippen molar-refractivity contribution in [2.24, 2.45) is 11.7 Å². The number of carbonyl (C=O) groups is 1. The second kappa shape index (κ2) is 7.63. The van der Waals surface area contributed by atoms with Crippen LogP contribution in [0.2, 0.25) is 0 Å². The summed E-state index contributed by atoms with van der Waals surface area (Å²) in [6.07, 6.45) is 4.99. The van der Waals surface area contributed by atoms with Gasteiger partial charge in [-0.25, -0.2) is 0 Å². The van der Waals surface area contributed by atoms with E-state index >= 15 is 0 Å². The van der Waals surface area contributed by atoms with Gasteiger partial charge in [-0.15, -0.1) is 0 Å². The summed E-state index contributed by atoms with van der Waals surface area (Å²) in [5, 5.41) is 0. The van der Waals surface area contributed by atoms with Crippen LogP contribution in [-0.4, -0.2) is 44.2 Å². The molecule has 94 valence electrons. The van der Waals surface area contributed by atoms with E-state index in [-0.39, 0.29) is 11.8 Å². The van der Waals surface area contributed by atoms with Gasteiger partial charge in [0.05, 0.1) is 0 Å². The lowest BCUT2D eigenvalue weighted by Crippen LogP contribution is -2.36. The Kier molecular flexibility index (Phi) is 6.42. The molecule has 1 aliphatic rings. The smallest absolute Gasteiger partial charge is 0.225 e. The molecule has 0 aromatic carbocycles. The molecule has 1 aliphatic heterocycles. The van der Waals surface area contributed by atoms with Gasteiger partial charge in [-0.3, -0.25) is 4.79 Å². The van der Waals surface area contributed by atoms with Crippen molar-refractivity contribution in [2.75, 3.05) is 33.4 Å². The summed E-state index contributed by atoms with van der Waals surface area (Å²) >= 11 is 0. The van der Waals surface area contributed by atoms with Crippen molar-refractivity contribution >= 4 is 5.91 Å². The van der Waals surface area contributed by atoms with Crippen molar-refractivity contribution in [1.82, 2.24) is 4.90 Å². The quantitative estimate of drug-likeness (QED) is 0.690. The first-order chi connectivity index (χ1) is 7.75. The predicted molar refractivity (Wildman–Crippen MR) is 64.1 cm³/mol. The highest BCUT2D eigenvalue weighted by atomic mass is 16.5. The zero-order chi connectivity index (χ0) is 11.8. The van der Waals surface area contributed by atoms with E-state index < -0.39 is 0 Å². The second-order valence-corrected chi connectivity index (χ2v) is 4.50. The Morgan fingerprint density at radius 2 is 2.00 bits per heavy atom. The molecule has 0 aliphatic carbocycles. The number of amides is 1. The van der Waals surface area contributed by atoms with Crippen molar-refractivity contribution in [3.8, 4) is 0 Å². The molecule has 0 aromatic rings. The number of ether oxygens (including phenoxy) is 1. The Balaban J connectivity index is 2.18. The minimum atomic E-state index is 0.188. The molecule has 4 nitrogen and oxygen atoms in total. The van der Waals surface area contributed by atoms with E-state index in [1.807, 2.05) is 11.9 Å². The third kappa shape index (κ3) is 4.49. The molecule has 1 saturated heterocycles. The number of unbranched alkanes of at least 4 members (excludes halogenated alkanes) is 2. The van der Waals surface area contributed by atoms with Crippen molar-refractivity contribution in [2.45, 2.75) is 32.1 Å². The van der Waals surface area contributed by atoms with Crippen molar-refractivity contribution in [3.05, 3.63) is 0 Å². The van der Waals surface area contributed by atoms with E-state index in [4.69, 9.17) is 10.5 Å². The normalized spacial score (nSPS) is 17.4. The molecule has 1 amide bonds. The van der Waals surface area contributed by atoms with E-state index in [1.165, 1.54) is 0 Å². The van der Waals surface area contributed by atoms with Gasteiger partial charge < -0.3 is 15.4 Å². The first-order valence-corrected chi connectivity index (χ1v) is 6.28. The fraction of sp³-hybridized carbons (Fsp3) is 0.917. The minimum absolute atomic E-state index is 0.188. The van der Waals surface area contributed by atoms with Gasteiger partial charge in [0.25, 0.3) is 0 Å². The molecule has 2 N–H and O–H groups in total. The van der Waals surface area contributed by atoms with E-state index in [1.54, 1.807) is 0 Å². The summed E-state index contributed by atoms with van der Waals surface area (Å²) in [5.74, 6) is 0.476. The molecule has 0 atom stereocenters. The summed E-state index contributed by atoms with van der Waals surface area (Å²) in [7, 11) is 1.90. The van der Waals surface area contributed by atoms with Gasteiger partial charge in [0, 0.05) is 32.7 Å². The zero-order valence-corrected chi connectivity index (χ0v) is 10.3. The Morgan fingerprint density at radius 3 is 2.62 bits per heavy atom. The molecule has 0 unspecified atom stereocenters. The Labute approximate surface area is 98.1 Å². The molecule has 0 saturated carbocycles. The maximum absolute atomic E-state index is 12.0. The Hall–Kier alpha value is -0.610. The van der Waals surface area contributed by atoms with E-state index in [2.05, 4.69) is 0 Å². The predicted octanol–water partition coefficient (Wildman–Crippen LogP) is 1.00. The van der Waals surface area contributed by atoms with E-state index in [9.17, 15) is 4.79 Å². The second-order valence-electron chi connectivity index (χ2n) is 4.50. The highest BCUT2D eigenvalue weighted by Gasteiger charge is 2.23. The number of carbonyl (C=O) groups excluding carboxylic acids is 1. The molecule has 4 heteroatoms. The first-order valence-electron chi connectivity index (χ1n) is 6.28. The van der Waals surface area contributed by atoms with Crippen LogP contribution in [0.15, 0.2) is 0 Å². The minimum Gasteiger partial charge on any atom is -0.381 e. The molecule has 1 fully saturated rings. The monoisotopic (exact) mass is 228 g/mol. The lowest BCUT2D eigenvalue weighted by molar-refractivity contribution is -0.137. The van der Waals surface area contributed by atoms with Crippen molar-refractivity contribution < 1.29 is 9.53 Å². The highest BCUT2D eigenvalue weighted by molar-refractivity contribution is 5.78.